The van der Waals surface area contributed by atoms with Crippen LogP contribution >= 0.6 is 0 Å². The van der Waals surface area contributed by atoms with Gasteiger partial charge in [0.25, 0.3) is 0 Å². The van der Waals surface area contributed by atoms with E-state index in [9.17, 15) is 8.42 Å². The van der Waals surface area contributed by atoms with Crippen molar-refractivity contribution >= 4 is 10.0 Å². The molecule has 3 nitrogen and oxygen atoms in total. The van der Waals surface area contributed by atoms with Gasteiger partial charge in [0.2, 0.25) is 10.0 Å². The van der Waals surface area contributed by atoms with Crippen molar-refractivity contribution in [3.8, 4) is 0 Å². The molecule has 4 heteroatoms. The average Bonchev–Trinajstić information content (AvgIpc) is 2.04. The molecular weight excluding hydrogens is 174 g/mol. The van der Waals surface area contributed by atoms with E-state index in [2.05, 4.69) is 0 Å². The van der Waals surface area contributed by atoms with E-state index in [-0.39, 0.29) is 11.6 Å². The Balaban J connectivity index is 2.64. The molecule has 72 valence electrons. The first-order valence-electron chi connectivity index (χ1n) is 4.93. The minimum atomic E-state index is -3.07. The van der Waals surface area contributed by atoms with E-state index in [0.717, 1.165) is 0 Å². The SMILES string of the molecule is [2H]C1CCN(S(=O)(=O)C(C)C)CC1. The van der Waals surface area contributed by atoms with Gasteiger partial charge in [-0.1, -0.05) is 6.40 Å². The van der Waals surface area contributed by atoms with Crippen molar-refractivity contribution in [3.63, 3.8) is 0 Å². The predicted molar refractivity (Wildman–Crippen MR) is 49.5 cm³/mol. The molecule has 0 aromatic heterocycles. The Labute approximate surface area is 76.2 Å². The van der Waals surface area contributed by atoms with E-state index in [1.54, 1.807) is 13.8 Å². The molecule has 1 aliphatic heterocycles. The molecule has 1 saturated heterocycles. The minimum absolute atomic E-state index is 0.0707. The van der Waals surface area contributed by atoms with Gasteiger partial charge < -0.3 is 0 Å². The molecule has 1 rings (SSSR count). The topological polar surface area (TPSA) is 37.4 Å². The second kappa shape index (κ2) is 3.75. The van der Waals surface area contributed by atoms with E-state index in [4.69, 9.17) is 1.37 Å². The van der Waals surface area contributed by atoms with Crippen LogP contribution in [-0.4, -0.2) is 31.1 Å². The van der Waals surface area contributed by atoms with Crippen molar-refractivity contribution in [2.24, 2.45) is 0 Å². The second-order valence-electron chi connectivity index (χ2n) is 3.36. The zero-order valence-corrected chi connectivity index (χ0v) is 8.47. The number of rotatable bonds is 2. The van der Waals surface area contributed by atoms with Crippen molar-refractivity contribution in [2.75, 3.05) is 13.1 Å². The zero-order valence-electron chi connectivity index (χ0n) is 8.66. The number of nitrogens with zero attached hydrogens (tertiary/aromatic N) is 1. The highest BCUT2D eigenvalue weighted by Crippen LogP contribution is 2.15. The third kappa shape index (κ3) is 1.98. The Morgan fingerprint density at radius 2 is 1.83 bits per heavy atom. The van der Waals surface area contributed by atoms with Crippen LogP contribution in [0.4, 0.5) is 0 Å². The summed E-state index contributed by atoms with van der Waals surface area (Å²) in [7, 11) is -3.07. The van der Waals surface area contributed by atoms with Crippen LogP contribution in [0, 0.1) is 0 Å². The van der Waals surface area contributed by atoms with Gasteiger partial charge >= 0.3 is 0 Å². The molecule has 12 heavy (non-hydrogen) atoms. The number of piperidine rings is 1. The van der Waals surface area contributed by atoms with Crippen LogP contribution < -0.4 is 0 Å². The Kier molecular flexibility index (Phi) is 2.66. The van der Waals surface area contributed by atoms with Gasteiger partial charge in [0.05, 0.1) is 5.25 Å². The lowest BCUT2D eigenvalue weighted by molar-refractivity contribution is 0.344. The molecular formula is C8H17NO2S. The smallest absolute Gasteiger partial charge is 0.212 e. The van der Waals surface area contributed by atoms with Crippen molar-refractivity contribution in [2.45, 2.75) is 38.3 Å². The maximum Gasteiger partial charge on any atom is 0.216 e. The Morgan fingerprint density at radius 3 is 2.25 bits per heavy atom. The maximum absolute atomic E-state index is 11.7. The quantitative estimate of drug-likeness (QED) is 0.659. The van der Waals surface area contributed by atoms with Gasteiger partial charge in [0.15, 0.2) is 0 Å². The summed E-state index contributed by atoms with van der Waals surface area (Å²) in [6.07, 6.45) is 1.27. The monoisotopic (exact) mass is 192 g/mol. The Bertz CT molecular complexity index is 255. The van der Waals surface area contributed by atoms with Gasteiger partial charge in [-0.2, -0.15) is 0 Å². The first-order valence-corrected chi connectivity index (χ1v) is 5.86. The summed E-state index contributed by atoms with van der Waals surface area (Å²) in [6, 6.07) is 0. The third-order valence-corrected chi connectivity index (χ3v) is 4.40. The van der Waals surface area contributed by atoms with Crippen LogP contribution in [0.25, 0.3) is 0 Å². The summed E-state index contributed by atoms with van der Waals surface area (Å²) in [5.74, 6) is 0. The van der Waals surface area contributed by atoms with Gasteiger partial charge in [-0.25, -0.2) is 12.7 Å². The highest BCUT2D eigenvalue weighted by molar-refractivity contribution is 7.89. The van der Waals surface area contributed by atoms with Gasteiger partial charge in [0, 0.05) is 14.5 Å². The first kappa shape index (κ1) is 8.51. The minimum Gasteiger partial charge on any atom is -0.212 e. The summed E-state index contributed by atoms with van der Waals surface area (Å²) < 4.78 is 32.3. The lowest BCUT2D eigenvalue weighted by Crippen LogP contribution is -2.39. The summed E-state index contributed by atoms with van der Waals surface area (Å²) in [4.78, 5) is 0. The lowest BCUT2D eigenvalue weighted by Gasteiger charge is -2.27. The van der Waals surface area contributed by atoms with Gasteiger partial charge in [0.1, 0.15) is 0 Å². The fourth-order valence-corrected chi connectivity index (χ4v) is 2.60. The average molecular weight is 192 g/mol. The molecule has 0 radical (unpaired) electrons. The largest absolute Gasteiger partial charge is 0.216 e. The fourth-order valence-electron chi connectivity index (χ4n) is 1.28. The molecule has 0 aromatic rings. The molecule has 0 aromatic carbocycles. The predicted octanol–water partition coefficient (Wildman–Crippen LogP) is 1.21. The molecule has 0 aliphatic carbocycles. The van der Waals surface area contributed by atoms with Crippen molar-refractivity contribution in [1.82, 2.24) is 4.31 Å². The molecule has 0 amide bonds. The second-order valence-corrected chi connectivity index (χ2v) is 5.85. The summed E-state index contributed by atoms with van der Waals surface area (Å²) in [6.45, 7) is 4.44. The lowest BCUT2D eigenvalue weighted by atomic mass is 10.2. The molecule has 0 spiro atoms. The maximum atomic E-state index is 11.7. The molecule has 0 unspecified atom stereocenters. The van der Waals surface area contributed by atoms with Crippen molar-refractivity contribution < 1.29 is 9.79 Å². The van der Waals surface area contributed by atoms with Crippen LogP contribution in [0.5, 0.6) is 0 Å². The Morgan fingerprint density at radius 1 is 1.33 bits per heavy atom. The number of hydrogen-bond acceptors (Lipinski definition) is 2. The van der Waals surface area contributed by atoms with E-state index in [1.165, 1.54) is 4.31 Å². The highest BCUT2D eigenvalue weighted by atomic mass is 32.2. The molecule has 1 fully saturated rings. The molecule has 0 atom stereocenters. The van der Waals surface area contributed by atoms with Crippen molar-refractivity contribution in [3.05, 3.63) is 0 Å². The Hall–Kier alpha value is -0.0900. The zero-order chi connectivity index (χ0) is 10.1. The molecule has 0 N–H and O–H groups in total. The van der Waals surface area contributed by atoms with E-state index in [0.29, 0.717) is 25.9 Å². The third-order valence-electron chi connectivity index (χ3n) is 2.12. The van der Waals surface area contributed by atoms with Crippen LogP contribution in [0.15, 0.2) is 0 Å². The summed E-state index contributed by atoms with van der Waals surface area (Å²) in [5.41, 5.74) is 0. The van der Waals surface area contributed by atoms with Crippen LogP contribution in [0.2, 0.25) is 0 Å². The van der Waals surface area contributed by atoms with Crippen LogP contribution in [0.3, 0.4) is 0 Å². The summed E-state index contributed by atoms with van der Waals surface area (Å²) in [5, 5.41) is -0.338. The number of hydrogen-bond donors (Lipinski definition) is 0. The molecule has 0 saturated carbocycles. The van der Waals surface area contributed by atoms with Crippen molar-refractivity contribution in [1.29, 1.82) is 0 Å². The van der Waals surface area contributed by atoms with E-state index < -0.39 is 10.0 Å². The van der Waals surface area contributed by atoms with Crippen LogP contribution in [0.1, 0.15) is 34.5 Å². The standard InChI is InChI=1S/C8H17NO2S/c1-8(2)12(10,11)9-6-4-3-5-7-9/h8H,3-7H2,1-2H3/i3D. The fraction of sp³-hybridized carbons (Fsp3) is 1.00. The molecule has 1 heterocycles. The van der Waals surface area contributed by atoms with Gasteiger partial charge in [-0.3, -0.25) is 0 Å². The van der Waals surface area contributed by atoms with E-state index in [1.807, 2.05) is 0 Å². The van der Waals surface area contributed by atoms with Gasteiger partial charge in [-0.15, -0.1) is 0 Å². The molecule has 0 bridgehead atoms. The normalized spacial score (nSPS) is 24.4. The van der Waals surface area contributed by atoms with E-state index >= 15 is 0 Å². The highest BCUT2D eigenvalue weighted by Gasteiger charge is 2.26. The van der Waals surface area contributed by atoms with Crippen LogP contribution in [-0.2, 0) is 10.0 Å². The number of sulfonamides is 1. The molecule has 1 aliphatic rings. The first-order chi connectivity index (χ1) is 5.94. The van der Waals surface area contributed by atoms with Gasteiger partial charge in [-0.05, 0) is 26.7 Å². The summed E-state index contributed by atoms with van der Waals surface area (Å²) >= 11 is 0.